The number of likely N-dealkylation sites (N-methyl/N-ethyl adjacent to an activating group) is 1. The number of hydrogen-bond donors (Lipinski definition) is 2. The SMILES string of the molecule is C=C1C(O)=C(C(=O)NCCCc2ccc(Cl)c(Cl)c2)C(C(C)C)N1C. The van der Waals surface area contributed by atoms with Gasteiger partial charge in [-0.1, -0.05) is 49.7 Å². The van der Waals surface area contributed by atoms with Gasteiger partial charge in [-0.2, -0.15) is 0 Å². The lowest BCUT2D eigenvalue weighted by molar-refractivity contribution is -0.118. The predicted molar refractivity (Wildman–Crippen MR) is 103 cm³/mol. The number of rotatable bonds is 6. The summed E-state index contributed by atoms with van der Waals surface area (Å²) >= 11 is 11.9. The minimum absolute atomic E-state index is 0.0109. The molecule has 1 heterocycles. The van der Waals surface area contributed by atoms with Crippen LogP contribution in [0.4, 0.5) is 0 Å². The third-order valence-corrected chi connectivity index (χ3v) is 5.19. The molecule has 2 N–H and O–H groups in total. The highest BCUT2D eigenvalue weighted by molar-refractivity contribution is 6.42. The molecule has 0 saturated carbocycles. The quantitative estimate of drug-likeness (QED) is 0.719. The van der Waals surface area contributed by atoms with Gasteiger partial charge in [-0.25, -0.2) is 0 Å². The number of aliphatic hydroxyl groups is 1. The van der Waals surface area contributed by atoms with Crippen LogP contribution in [-0.4, -0.2) is 35.5 Å². The topological polar surface area (TPSA) is 52.6 Å². The molecule has 1 atom stereocenters. The van der Waals surface area contributed by atoms with E-state index in [0.717, 1.165) is 18.4 Å². The molecule has 25 heavy (non-hydrogen) atoms. The second-order valence-electron chi connectivity index (χ2n) is 6.62. The van der Waals surface area contributed by atoms with Crippen molar-refractivity contribution in [3.63, 3.8) is 0 Å². The molecule has 1 aliphatic rings. The van der Waals surface area contributed by atoms with Crippen molar-refractivity contribution >= 4 is 29.1 Å². The third-order valence-electron chi connectivity index (χ3n) is 4.46. The summed E-state index contributed by atoms with van der Waals surface area (Å²) in [5, 5.41) is 14.2. The highest BCUT2D eigenvalue weighted by atomic mass is 35.5. The zero-order chi connectivity index (χ0) is 18.7. The molecule has 0 spiro atoms. The fourth-order valence-corrected chi connectivity index (χ4v) is 3.45. The number of hydrogen-bond acceptors (Lipinski definition) is 3. The summed E-state index contributed by atoms with van der Waals surface area (Å²) < 4.78 is 0. The van der Waals surface area contributed by atoms with Gasteiger partial charge in [0.25, 0.3) is 5.91 Å². The summed E-state index contributed by atoms with van der Waals surface area (Å²) in [6.45, 7) is 8.40. The maximum atomic E-state index is 12.5. The summed E-state index contributed by atoms with van der Waals surface area (Å²) in [6.07, 6.45) is 1.54. The summed E-state index contributed by atoms with van der Waals surface area (Å²) in [4.78, 5) is 14.4. The number of nitrogens with one attached hydrogen (secondary N) is 1. The van der Waals surface area contributed by atoms with Gasteiger partial charge in [0.1, 0.15) is 5.76 Å². The average molecular weight is 383 g/mol. The number of nitrogens with zero attached hydrogens (tertiary/aromatic N) is 1. The molecule has 0 radical (unpaired) electrons. The van der Waals surface area contributed by atoms with Gasteiger partial charge in [0.15, 0.2) is 0 Å². The van der Waals surface area contributed by atoms with Crippen molar-refractivity contribution in [2.45, 2.75) is 32.7 Å². The second kappa shape index (κ2) is 8.15. The van der Waals surface area contributed by atoms with Gasteiger partial charge in [0.2, 0.25) is 0 Å². The van der Waals surface area contributed by atoms with Crippen molar-refractivity contribution in [2.75, 3.05) is 13.6 Å². The first-order chi connectivity index (χ1) is 11.7. The second-order valence-corrected chi connectivity index (χ2v) is 7.43. The van der Waals surface area contributed by atoms with Crippen LogP contribution in [0.1, 0.15) is 25.8 Å². The highest BCUT2D eigenvalue weighted by Crippen LogP contribution is 2.33. The van der Waals surface area contributed by atoms with Crippen LogP contribution in [0.2, 0.25) is 10.0 Å². The summed E-state index contributed by atoms with van der Waals surface area (Å²) in [6, 6.07) is 5.37. The first kappa shape index (κ1) is 19.7. The van der Waals surface area contributed by atoms with Gasteiger partial charge >= 0.3 is 0 Å². The lowest BCUT2D eigenvalue weighted by atomic mass is 9.96. The van der Waals surface area contributed by atoms with Gasteiger partial charge in [0.05, 0.1) is 27.4 Å². The number of carbonyl (C=O) groups is 1. The average Bonchev–Trinajstić information content (AvgIpc) is 2.79. The molecule has 0 aliphatic carbocycles. The van der Waals surface area contributed by atoms with Crippen molar-refractivity contribution in [1.82, 2.24) is 10.2 Å². The standard InChI is InChI=1S/C19H24Cl2N2O2/c1-11(2)17-16(18(24)12(3)23(17)4)19(25)22-9-5-6-13-7-8-14(20)15(21)10-13/h7-8,10-11,17,24H,3,5-6,9H2,1-2,4H3,(H,22,25). The number of amides is 1. The minimum Gasteiger partial charge on any atom is -0.505 e. The lowest BCUT2D eigenvalue weighted by Gasteiger charge is -2.27. The Balaban J connectivity index is 1.93. The van der Waals surface area contributed by atoms with Crippen LogP contribution < -0.4 is 5.32 Å². The van der Waals surface area contributed by atoms with Crippen molar-refractivity contribution in [3.8, 4) is 0 Å². The van der Waals surface area contributed by atoms with E-state index in [1.165, 1.54) is 0 Å². The van der Waals surface area contributed by atoms with E-state index in [9.17, 15) is 9.90 Å². The Hall–Kier alpha value is -1.65. The first-order valence-corrected chi connectivity index (χ1v) is 9.07. The highest BCUT2D eigenvalue weighted by Gasteiger charge is 2.38. The normalized spacial score (nSPS) is 17.6. The van der Waals surface area contributed by atoms with E-state index >= 15 is 0 Å². The molecular weight excluding hydrogens is 359 g/mol. The van der Waals surface area contributed by atoms with Crippen LogP contribution in [0.15, 0.2) is 41.8 Å². The fourth-order valence-electron chi connectivity index (χ4n) is 3.13. The molecule has 4 nitrogen and oxygen atoms in total. The Morgan fingerprint density at radius 3 is 2.64 bits per heavy atom. The van der Waals surface area contributed by atoms with Gasteiger partial charge in [0, 0.05) is 13.6 Å². The molecule has 1 aromatic carbocycles. The number of carbonyl (C=O) groups excluding carboxylic acids is 1. The molecule has 1 amide bonds. The molecule has 1 aromatic rings. The zero-order valence-electron chi connectivity index (χ0n) is 14.8. The summed E-state index contributed by atoms with van der Waals surface area (Å²) in [5.74, 6) is -0.0672. The van der Waals surface area contributed by atoms with Crippen molar-refractivity contribution in [3.05, 3.63) is 57.4 Å². The van der Waals surface area contributed by atoms with Crippen LogP contribution in [0, 0.1) is 5.92 Å². The number of aryl methyl sites for hydroxylation is 1. The molecule has 0 fully saturated rings. The number of benzene rings is 1. The Bertz CT molecular complexity index is 713. The van der Waals surface area contributed by atoms with Gasteiger partial charge in [-0.05, 0) is 36.5 Å². The number of halogens is 2. The largest absolute Gasteiger partial charge is 0.505 e. The molecule has 0 bridgehead atoms. The van der Waals surface area contributed by atoms with Crippen LogP contribution in [0.5, 0.6) is 0 Å². The first-order valence-electron chi connectivity index (χ1n) is 8.31. The monoisotopic (exact) mass is 382 g/mol. The third kappa shape index (κ3) is 4.31. The molecule has 0 saturated heterocycles. The predicted octanol–water partition coefficient (Wildman–Crippen LogP) is 4.34. The van der Waals surface area contributed by atoms with E-state index in [-0.39, 0.29) is 23.6 Å². The molecule has 0 aromatic heterocycles. The van der Waals surface area contributed by atoms with Crippen molar-refractivity contribution in [2.24, 2.45) is 5.92 Å². The van der Waals surface area contributed by atoms with E-state index in [4.69, 9.17) is 23.2 Å². The van der Waals surface area contributed by atoms with Crippen molar-refractivity contribution in [1.29, 1.82) is 0 Å². The minimum atomic E-state index is -0.240. The van der Waals surface area contributed by atoms with Crippen LogP contribution in [0.25, 0.3) is 0 Å². The number of aliphatic hydroxyl groups excluding tert-OH is 1. The van der Waals surface area contributed by atoms with E-state index in [2.05, 4.69) is 11.9 Å². The van der Waals surface area contributed by atoms with Gasteiger partial charge < -0.3 is 15.3 Å². The van der Waals surface area contributed by atoms with Crippen molar-refractivity contribution < 1.29 is 9.90 Å². The van der Waals surface area contributed by atoms with E-state index in [1.54, 1.807) is 6.07 Å². The Morgan fingerprint density at radius 2 is 2.04 bits per heavy atom. The van der Waals surface area contributed by atoms with Crippen LogP contribution in [-0.2, 0) is 11.2 Å². The van der Waals surface area contributed by atoms with E-state index in [0.29, 0.717) is 27.9 Å². The molecule has 1 unspecified atom stereocenters. The van der Waals surface area contributed by atoms with Gasteiger partial charge in [-0.3, -0.25) is 4.79 Å². The Labute approximate surface area is 159 Å². The molecule has 1 aliphatic heterocycles. The molecule has 136 valence electrons. The van der Waals surface area contributed by atoms with Gasteiger partial charge in [-0.15, -0.1) is 0 Å². The molecule has 2 rings (SSSR count). The Morgan fingerprint density at radius 1 is 1.36 bits per heavy atom. The molecule has 6 heteroatoms. The maximum absolute atomic E-state index is 12.5. The smallest absolute Gasteiger partial charge is 0.253 e. The van der Waals surface area contributed by atoms with E-state index in [1.807, 2.05) is 37.9 Å². The van der Waals surface area contributed by atoms with E-state index < -0.39 is 0 Å². The Kier molecular flexibility index (Phi) is 6.42. The molecular formula is C19H24Cl2N2O2. The summed E-state index contributed by atoms with van der Waals surface area (Å²) in [5.41, 5.74) is 1.96. The van der Waals surface area contributed by atoms with Crippen LogP contribution in [0.3, 0.4) is 0 Å². The maximum Gasteiger partial charge on any atom is 0.253 e. The summed E-state index contributed by atoms with van der Waals surface area (Å²) in [7, 11) is 1.84. The lowest BCUT2D eigenvalue weighted by Crippen LogP contribution is -2.38. The van der Waals surface area contributed by atoms with Crippen LogP contribution >= 0.6 is 23.2 Å². The fraction of sp³-hybridized carbons (Fsp3) is 0.421. The zero-order valence-corrected chi connectivity index (χ0v) is 16.3.